The zero-order chi connectivity index (χ0) is 18.7. The highest BCUT2D eigenvalue weighted by Gasteiger charge is 2.17. The average molecular weight is 408 g/mol. The van der Waals surface area contributed by atoms with E-state index >= 15 is 0 Å². The molecule has 0 aliphatic rings. The van der Waals surface area contributed by atoms with Crippen molar-refractivity contribution in [2.75, 3.05) is 5.73 Å². The van der Waals surface area contributed by atoms with Crippen molar-refractivity contribution in [3.8, 4) is 11.9 Å². The molecule has 1 aromatic heterocycles. The highest BCUT2D eigenvalue weighted by molar-refractivity contribution is 6.42. The first-order chi connectivity index (χ1) is 12.5. The van der Waals surface area contributed by atoms with Gasteiger partial charge in [0.15, 0.2) is 5.56 Å². The molecule has 0 radical (unpaired) electrons. The predicted octanol–water partition coefficient (Wildman–Crippen LogP) is 4.92. The van der Waals surface area contributed by atoms with Gasteiger partial charge in [-0.2, -0.15) is 5.26 Å². The van der Waals surface area contributed by atoms with Gasteiger partial charge < -0.3 is 10.5 Å². The molecule has 3 aromatic rings. The molecule has 0 atom stereocenters. The summed E-state index contributed by atoms with van der Waals surface area (Å²) >= 11 is 17.9. The van der Waals surface area contributed by atoms with E-state index in [-0.39, 0.29) is 23.9 Å². The number of benzene rings is 2. The van der Waals surface area contributed by atoms with Gasteiger partial charge in [0.1, 0.15) is 18.5 Å². The van der Waals surface area contributed by atoms with E-state index in [0.29, 0.717) is 21.6 Å². The summed E-state index contributed by atoms with van der Waals surface area (Å²) < 4.78 is 7.16. The van der Waals surface area contributed by atoms with Crippen molar-refractivity contribution in [1.82, 2.24) is 9.78 Å². The minimum atomic E-state index is 0.171. The topological polar surface area (TPSA) is 76.9 Å². The SMILES string of the molecule is N#Cc1c(OCc2cccc(Cl)c2)nn(Cc2ccc(Cl)c(Cl)c2)c1N. The molecule has 5 nitrogen and oxygen atoms in total. The fraction of sp³-hybridized carbons (Fsp3) is 0.111. The molecule has 0 fully saturated rings. The van der Waals surface area contributed by atoms with Gasteiger partial charge in [0.25, 0.3) is 5.88 Å². The molecule has 0 aliphatic carbocycles. The molecule has 0 saturated heterocycles. The summed E-state index contributed by atoms with van der Waals surface area (Å²) in [4.78, 5) is 0. The van der Waals surface area contributed by atoms with Gasteiger partial charge in [0, 0.05) is 5.02 Å². The lowest BCUT2D eigenvalue weighted by Gasteiger charge is -2.05. The number of hydrogen-bond acceptors (Lipinski definition) is 4. The van der Waals surface area contributed by atoms with E-state index < -0.39 is 0 Å². The number of rotatable bonds is 5. The quantitative estimate of drug-likeness (QED) is 0.651. The number of nitriles is 1. The fourth-order valence-electron chi connectivity index (χ4n) is 2.37. The van der Waals surface area contributed by atoms with E-state index in [4.69, 9.17) is 45.3 Å². The molecule has 0 saturated carbocycles. The number of aromatic nitrogens is 2. The second-order valence-electron chi connectivity index (χ2n) is 5.50. The van der Waals surface area contributed by atoms with E-state index in [0.717, 1.165) is 11.1 Å². The van der Waals surface area contributed by atoms with Gasteiger partial charge in [-0.05, 0) is 35.4 Å². The highest BCUT2D eigenvalue weighted by atomic mass is 35.5. The Balaban J connectivity index is 1.82. The summed E-state index contributed by atoms with van der Waals surface area (Å²) in [6.45, 7) is 0.552. The number of anilines is 1. The summed E-state index contributed by atoms with van der Waals surface area (Å²) in [7, 11) is 0. The zero-order valence-corrected chi connectivity index (χ0v) is 15.7. The van der Waals surface area contributed by atoms with Crippen molar-refractivity contribution in [2.45, 2.75) is 13.2 Å². The smallest absolute Gasteiger partial charge is 0.253 e. The molecule has 2 aromatic carbocycles. The molecule has 1 heterocycles. The van der Waals surface area contributed by atoms with E-state index in [1.54, 1.807) is 24.3 Å². The van der Waals surface area contributed by atoms with Crippen LogP contribution in [0.2, 0.25) is 15.1 Å². The molecule has 0 amide bonds. The molecule has 0 spiro atoms. The monoisotopic (exact) mass is 406 g/mol. The van der Waals surface area contributed by atoms with Gasteiger partial charge in [-0.25, -0.2) is 4.68 Å². The molecule has 132 valence electrons. The van der Waals surface area contributed by atoms with Crippen molar-refractivity contribution in [3.63, 3.8) is 0 Å². The van der Waals surface area contributed by atoms with Gasteiger partial charge in [0.2, 0.25) is 0 Å². The maximum atomic E-state index is 9.38. The summed E-state index contributed by atoms with van der Waals surface area (Å²) in [6, 6.07) is 14.5. The van der Waals surface area contributed by atoms with Crippen LogP contribution in [0.5, 0.6) is 5.88 Å². The van der Waals surface area contributed by atoms with Crippen LogP contribution in [0.1, 0.15) is 16.7 Å². The van der Waals surface area contributed by atoms with E-state index in [1.165, 1.54) is 4.68 Å². The number of ether oxygens (including phenoxy) is 1. The number of hydrogen-bond donors (Lipinski definition) is 1. The second kappa shape index (κ2) is 7.88. The van der Waals surface area contributed by atoms with Crippen LogP contribution in [0.4, 0.5) is 5.82 Å². The largest absolute Gasteiger partial charge is 0.471 e. The Morgan fingerprint density at radius 3 is 2.58 bits per heavy atom. The maximum Gasteiger partial charge on any atom is 0.253 e. The first kappa shape index (κ1) is 18.4. The van der Waals surface area contributed by atoms with Crippen LogP contribution in [0.3, 0.4) is 0 Å². The Bertz CT molecular complexity index is 995. The van der Waals surface area contributed by atoms with Gasteiger partial charge in [-0.3, -0.25) is 0 Å². The number of nitrogens with two attached hydrogens (primary N) is 1. The molecular weight excluding hydrogens is 395 g/mol. The van der Waals surface area contributed by atoms with Gasteiger partial charge in [-0.1, -0.05) is 53.0 Å². The summed E-state index contributed by atoms with van der Waals surface area (Å²) in [5, 5.41) is 15.2. The van der Waals surface area contributed by atoms with Crippen LogP contribution >= 0.6 is 34.8 Å². The molecular formula is C18H13Cl3N4O. The lowest BCUT2D eigenvalue weighted by Crippen LogP contribution is -2.06. The van der Waals surface area contributed by atoms with Crippen LogP contribution < -0.4 is 10.5 Å². The predicted molar refractivity (Wildman–Crippen MR) is 103 cm³/mol. The van der Waals surface area contributed by atoms with Crippen LogP contribution in [0.15, 0.2) is 42.5 Å². The van der Waals surface area contributed by atoms with Crippen LogP contribution in [0, 0.1) is 11.3 Å². The normalized spacial score (nSPS) is 10.5. The highest BCUT2D eigenvalue weighted by Crippen LogP contribution is 2.27. The molecule has 8 heteroatoms. The van der Waals surface area contributed by atoms with E-state index in [2.05, 4.69) is 5.10 Å². The lowest BCUT2D eigenvalue weighted by molar-refractivity contribution is 0.289. The van der Waals surface area contributed by atoms with Crippen molar-refractivity contribution in [2.24, 2.45) is 0 Å². The average Bonchev–Trinajstić information content (AvgIpc) is 2.91. The minimum Gasteiger partial charge on any atom is -0.471 e. The third-order valence-electron chi connectivity index (χ3n) is 3.65. The Labute approximate surface area is 165 Å². The van der Waals surface area contributed by atoms with Crippen LogP contribution in [-0.2, 0) is 13.2 Å². The molecule has 2 N–H and O–H groups in total. The summed E-state index contributed by atoms with van der Waals surface area (Å²) in [5.41, 5.74) is 7.94. The first-order valence-electron chi connectivity index (χ1n) is 7.55. The molecule has 0 unspecified atom stereocenters. The van der Waals surface area contributed by atoms with E-state index in [9.17, 15) is 5.26 Å². The maximum absolute atomic E-state index is 9.38. The Morgan fingerprint density at radius 1 is 1.08 bits per heavy atom. The Morgan fingerprint density at radius 2 is 1.88 bits per heavy atom. The second-order valence-corrected chi connectivity index (χ2v) is 6.75. The minimum absolute atomic E-state index is 0.171. The van der Waals surface area contributed by atoms with Gasteiger partial charge in [0.05, 0.1) is 16.6 Å². The third kappa shape index (κ3) is 4.05. The molecule has 0 bridgehead atoms. The standard InChI is InChI=1S/C18H13Cl3N4O/c19-13-3-1-2-12(6-13)10-26-18-14(8-22)17(23)25(24-18)9-11-4-5-15(20)16(21)7-11/h1-7H,9-10,23H2. The summed E-state index contributed by atoms with van der Waals surface area (Å²) in [5.74, 6) is 0.393. The van der Waals surface area contributed by atoms with Crippen molar-refractivity contribution in [1.29, 1.82) is 5.26 Å². The van der Waals surface area contributed by atoms with Crippen molar-refractivity contribution >= 4 is 40.6 Å². The van der Waals surface area contributed by atoms with Gasteiger partial charge >= 0.3 is 0 Å². The van der Waals surface area contributed by atoms with Crippen molar-refractivity contribution < 1.29 is 4.74 Å². The Hall–Kier alpha value is -2.39. The first-order valence-corrected chi connectivity index (χ1v) is 8.69. The third-order valence-corrected chi connectivity index (χ3v) is 4.63. The molecule has 3 rings (SSSR count). The number of nitrogen functional groups attached to an aromatic ring is 1. The number of nitrogens with zero attached hydrogens (tertiary/aromatic N) is 3. The van der Waals surface area contributed by atoms with Crippen LogP contribution in [0.25, 0.3) is 0 Å². The zero-order valence-electron chi connectivity index (χ0n) is 13.4. The fourth-order valence-corrected chi connectivity index (χ4v) is 2.90. The van der Waals surface area contributed by atoms with Crippen LogP contribution in [-0.4, -0.2) is 9.78 Å². The lowest BCUT2D eigenvalue weighted by atomic mass is 10.2. The van der Waals surface area contributed by atoms with Crippen molar-refractivity contribution in [3.05, 3.63) is 74.2 Å². The molecule has 0 aliphatic heterocycles. The molecule has 26 heavy (non-hydrogen) atoms. The van der Waals surface area contributed by atoms with Gasteiger partial charge in [-0.15, -0.1) is 5.10 Å². The number of halogens is 3. The van der Waals surface area contributed by atoms with E-state index in [1.807, 2.05) is 24.3 Å². The Kier molecular flexibility index (Phi) is 5.58. The summed E-state index contributed by atoms with van der Waals surface area (Å²) in [6.07, 6.45) is 0.